The van der Waals surface area contributed by atoms with Crippen LogP contribution in [0.3, 0.4) is 0 Å². The van der Waals surface area contributed by atoms with E-state index in [0.29, 0.717) is 36.9 Å². The number of carbonyl (C=O) groups is 2. The number of nitrogens with zero attached hydrogens (tertiary/aromatic N) is 4. The number of nitriles is 1. The number of nitrogens with two attached hydrogens (primary N) is 1. The topological polar surface area (TPSA) is 122 Å². The summed E-state index contributed by atoms with van der Waals surface area (Å²) in [4.78, 5) is 36.1. The summed E-state index contributed by atoms with van der Waals surface area (Å²) >= 11 is 1.16. The van der Waals surface area contributed by atoms with Gasteiger partial charge < -0.3 is 15.4 Å². The molecule has 1 aromatic carbocycles. The summed E-state index contributed by atoms with van der Waals surface area (Å²) in [6, 6.07) is 8.30. The second-order valence-corrected chi connectivity index (χ2v) is 11.2. The van der Waals surface area contributed by atoms with E-state index in [-0.39, 0.29) is 28.3 Å². The molecule has 3 aliphatic rings. The molecule has 2 aromatic rings. The quantitative estimate of drug-likeness (QED) is 0.577. The van der Waals surface area contributed by atoms with Gasteiger partial charge in [-0.05, 0) is 62.1 Å². The number of esters is 1. The molecule has 0 bridgehead atoms. The first-order valence-corrected chi connectivity index (χ1v) is 12.9. The van der Waals surface area contributed by atoms with Crippen molar-refractivity contribution in [3.8, 4) is 6.07 Å². The number of ether oxygens (including phenoxy) is 1. The van der Waals surface area contributed by atoms with Crippen molar-refractivity contribution in [2.75, 3.05) is 13.7 Å². The Kier molecular flexibility index (Phi) is 6.47. The van der Waals surface area contributed by atoms with E-state index in [0.717, 1.165) is 11.8 Å². The van der Waals surface area contributed by atoms with E-state index in [1.807, 2.05) is 6.07 Å². The lowest BCUT2D eigenvalue weighted by Crippen LogP contribution is -2.49. The minimum absolute atomic E-state index is 0.0370. The lowest BCUT2D eigenvalue weighted by atomic mass is 9.84. The van der Waals surface area contributed by atoms with Crippen LogP contribution in [0, 0.1) is 23.1 Å². The Morgan fingerprint density at radius 2 is 2.13 bits per heavy atom. The molecule has 0 radical (unpaired) electrons. The first kappa shape index (κ1) is 25.9. The molecule has 1 amide bonds. The number of aromatic nitrogens is 1. The average molecular weight is 538 g/mol. The standard InChI is InChI=1S/C27H25F2N5O3S/c1-26(17-10-15(5-7-18(17)28)11-19(29)20-8-6-16(13-30)14-32-20)22-12-27(22,38-25(31)33-26)24(36)34-9-3-4-21(34)23(35)37-2/h5-8,10-11,14,21-22H,3-4,9,12H2,1-2H3,(H2,31,33)/b19-11-/t21?,22-,26+,27-/m0/s1. The number of pyridine rings is 1. The Balaban J connectivity index is 1.47. The summed E-state index contributed by atoms with van der Waals surface area (Å²) in [5, 5.41) is 9.06. The minimum Gasteiger partial charge on any atom is -0.467 e. The van der Waals surface area contributed by atoms with Gasteiger partial charge in [-0.3, -0.25) is 14.8 Å². The summed E-state index contributed by atoms with van der Waals surface area (Å²) in [6.45, 7) is 2.16. The number of thioether (sulfide) groups is 1. The van der Waals surface area contributed by atoms with Crippen LogP contribution in [0.5, 0.6) is 0 Å². The number of halogens is 2. The SMILES string of the molecule is COC(=O)C1CCCN1C(=O)[C@]12C[C@H]1[C@@](C)(c1cc(/C=C(\F)c3ccc(C#N)cn3)ccc1F)N=C(N)S2. The number of aliphatic imine (C=N–C) groups is 1. The molecule has 1 unspecified atom stereocenters. The zero-order valence-electron chi connectivity index (χ0n) is 20.8. The summed E-state index contributed by atoms with van der Waals surface area (Å²) < 4.78 is 34.1. The summed E-state index contributed by atoms with van der Waals surface area (Å²) in [5.41, 5.74) is 5.93. The van der Waals surface area contributed by atoms with Crippen molar-refractivity contribution in [3.05, 3.63) is 64.7 Å². The van der Waals surface area contributed by atoms with Gasteiger partial charge in [0.05, 0.1) is 23.9 Å². The van der Waals surface area contributed by atoms with Crippen molar-refractivity contribution < 1.29 is 23.1 Å². The molecule has 11 heteroatoms. The maximum Gasteiger partial charge on any atom is 0.328 e. The lowest BCUT2D eigenvalue weighted by Gasteiger charge is -2.36. The van der Waals surface area contributed by atoms with Crippen LogP contribution >= 0.6 is 11.8 Å². The predicted octanol–water partition coefficient (Wildman–Crippen LogP) is 3.76. The second-order valence-electron chi connectivity index (χ2n) is 9.80. The Bertz CT molecular complexity index is 1420. The first-order chi connectivity index (χ1) is 18.1. The van der Waals surface area contributed by atoms with Gasteiger partial charge in [-0.25, -0.2) is 13.6 Å². The van der Waals surface area contributed by atoms with Gasteiger partial charge in [-0.2, -0.15) is 5.26 Å². The fourth-order valence-electron chi connectivity index (χ4n) is 5.53. The molecule has 2 fully saturated rings. The molecule has 196 valence electrons. The number of rotatable bonds is 5. The van der Waals surface area contributed by atoms with Crippen LogP contribution in [-0.4, -0.2) is 51.4 Å². The molecule has 2 aliphatic heterocycles. The third-order valence-corrected chi connectivity index (χ3v) is 8.82. The van der Waals surface area contributed by atoms with E-state index in [4.69, 9.17) is 15.7 Å². The normalized spacial score (nSPS) is 28.2. The molecule has 1 saturated heterocycles. The summed E-state index contributed by atoms with van der Waals surface area (Å²) in [7, 11) is 1.29. The molecule has 2 N–H and O–H groups in total. The highest BCUT2D eigenvalue weighted by Crippen LogP contribution is 2.66. The third-order valence-electron chi connectivity index (χ3n) is 7.53. The van der Waals surface area contributed by atoms with Crippen molar-refractivity contribution in [1.29, 1.82) is 5.26 Å². The zero-order valence-corrected chi connectivity index (χ0v) is 21.6. The molecular weight excluding hydrogens is 512 g/mol. The summed E-state index contributed by atoms with van der Waals surface area (Å²) in [6.07, 6.45) is 4.10. The van der Waals surface area contributed by atoms with E-state index < -0.39 is 33.9 Å². The van der Waals surface area contributed by atoms with Gasteiger partial charge in [0.2, 0.25) is 5.91 Å². The van der Waals surface area contributed by atoms with Gasteiger partial charge in [0.1, 0.15) is 28.5 Å². The van der Waals surface area contributed by atoms with Gasteiger partial charge in [0, 0.05) is 24.2 Å². The monoisotopic (exact) mass is 537 g/mol. The van der Waals surface area contributed by atoms with Gasteiger partial charge in [0.25, 0.3) is 0 Å². The van der Waals surface area contributed by atoms with Crippen molar-refractivity contribution in [2.24, 2.45) is 16.6 Å². The van der Waals surface area contributed by atoms with Gasteiger partial charge >= 0.3 is 5.97 Å². The van der Waals surface area contributed by atoms with Gasteiger partial charge in [-0.15, -0.1) is 0 Å². The van der Waals surface area contributed by atoms with Crippen LogP contribution in [0.4, 0.5) is 8.78 Å². The highest BCUT2D eigenvalue weighted by molar-refractivity contribution is 8.15. The molecule has 4 atom stereocenters. The number of amidine groups is 1. The maximum absolute atomic E-state index is 15.3. The van der Waals surface area contributed by atoms with E-state index in [9.17, 15) is 14.0 Å². The molecule has 3 heterocycles. The first-order valence-electron chi connectivity index (χ1n) is 12.1. The van der Waals surface area contributed by atoms with E-state index in [2.05, 4.69) is 9.98 Å². The molecular formula is C27H25F2N5O3S. The Morgan fingerprint density at radius 1 is 1.34 bits per heavy atom. The number of fused-ring (bicyclic) bond motifs is 1. The van der Waals surface area contributed by atoms with E-state index >= 15 is 4.39 Å². The fourth-order valence-corrected chi connectivity index (χ4v) is 6.96. The zero-order chi connectivity index (χ0) is 27.2. The van der Waals surface area contributed by atoms with Crippen LogP contribution in [-0.2, 0) is 19.9 Å². The molecule has 8 nitrogen and oxygen atoms in total. The number of benzene rings is 1. The highest BCUT2D eigenvalue weighted by atomic mass is 32.2. The highest BCUT2D eigenvalue weighted by Gasteiger charge is 2.72. The van der Waals surface area contributed by atoms with Crippen molar-refractivity contribution >= 4 is 40.7 Å². The third kappa shape index (κ3) is 4.22. The van der Waals surface area contributed by atoms with Crippen LogP contribution in [0.15, 0.2) is 41.5 Å². The number of hydrogen-bond acceptors (Lipinski definition) is 8. The molecule has 1 aliphatic carbocycles. The fraction of sp³-hybridized carbons (Fsp3) is 0.370. The predicted molar refractivity (Wildman–Crippen MR) is 138 cm³/mol. The van der Waals surface area contributed by atoms with Crippen molar-refractivity contribution in [1.82, 2.24) is 9.88 Å². The molecule has 1 saturated carbocycles. The van der Waals surface area contributed by atoms with E-state index in [1.165, 1.54) is 49.7 Å². The maximum atomic E-state index is 15.3. The van der Waals surface area contributed by atoms with Gasteiger partial charge in [0.15, 0.2) is 5.17 Å². The van der Waals surface area contributed by atoms with Crippen molar-refractivity contribution in [3.63, 3.8) is 0 Å². The molecule has 38 heavy (non-hydrogen) atoms. The molecule has 1 aromatic heterocycles. The number of methoxy groups -OCH3 is 1. The Morgan fingerprint density at radius 3 is 2.82 bits per heavy atom. The van der Waals surface area contributed by atoms with E-state index in [1.54, 1.807) is 11.8 Å². The average Bonchev–Trinajstić information content (AvgIpc) is 3.47. The van der Waals surface area contributed by atoms with Crippen LogP contribution < -0.4 is 5.73 Å². The number of amides is 1. The number of likely N-dealkylation sites (tertiary alicyclic amines) is 1. The minimum atomic E-state index is -1.18. The summed E-state index contributed by atoms with van der Waals surface area (Å²) in [5.74, 6) is -2.26. The smallest absolute Gasteiger partial charge is 0.328 e. The largest absolute Gasteiger partial charge is 0.467 e. The Labute approximate surface area is 222 Å². The van der Waals surface area contributed by atoms with Crippen LogP contribution in [0.1, 0.15) is 48.6 Å². The Hall–Kier alpha value is -3.78. The molecule has 0 spiro atoms. The number of carbonyl (C=O) groups excluding carboxylic acids is 2. The second kappa shape index (κ2) is 9.51. The lowest BCUT2D eigenvalue weighted by molar-refractivity contribution is -0.151. The van der Waals surface area contributed by atoms with Crippen LogP contribution in [0.2, 0.25) is 0 Å². The molecule has 5 rings (SSSR count). The van der Waals surface area contributed by atoms with Crippen LogP contribution in [0.25, 0.3) is 11.9 Å². The van der Waals surface area contributed by atoms with Gasteiger partial charge in [-0.1, -0.05) is 17.8 Å². The van der Waals surface area contributed by atoms with Crippen molar-refractivity contribution in [2.45, 2.75) is 42.5 Å². The number of hydrogen-bond donors (Lipinski definition) is 1.